The number of methoxy groups -OCH3 is 1. The van der Waals surface area contributed by atoms with E-state index in [0.29, 0.717) is 18.6 Å². The Morgan fingerprint density at radius 3 is 2.69 bits per heavy atom. The molecule has 1 aromatic rings. The predicted molar refractivity (Wildman–Crippen MR) is 59.8 cm³/mol. The zero-order valence-corrected chi connectivity index (χ0v) is 9.43. The molecule has 4 nitrogen and oxygen atoms in total. The average molecular weight is 224 g/mol. The molecule has 0 fully saturated rings. The van der Waals surface area contributed by atoms with Crippen LogP contribution in [0.25, 0.3) is 0 Å². The van der Waals surface area contributed by atoms with Crippen molar-refractivity contribution in [3.05, 3.63) is 23.8 Å². The number of benzene rings is 1. The lowest BCUT2D eigenvalue weighted by molar-refractivity contribution is -0.141. The molecule has 0 bridgehead atoms. The Hall–Kier alpha value is -1.71. The van der Waals surface area contributed by atoms with E-state index in [1.54, 1.807) is 19.1 Å². The summed E-state index contributed by atoms with van der Waals surface area (Å²) >= 11 is 0. The number of aromatic hydroxyl groups is 1. The summed E-state index contributed by atoms with van der Waals surface area (Å²) in [4.78, 5) is 10.6. The van der Waals surface area contributed by atoms with Crippen LogP contribution in [0.15, 0.2) is 18.2 Å². The monoisotopic (exact) mass is 224 g/mol. The minimum absolute atomic E-state index is 0.0861. The summed E-state index contributed by atoms with van der Waals surface area (Å²) < 4.78 is 4.92. The van der Waals surface area contributed by atoms with E-state index < -0.39 is 5.97 Å². The van der Waals surface area contributed by atoms with Gasteiger partial charge in [-0.05, 0) is 30.5 Å². The van der Waals surface area contributed by atoms with Crippen LogP contribution in [-0.2, 0) is 11.2 Å². The Balaban J connectivity index is 2.62. The topological polar surface area (TPSA) is 66.8 Å². The maximum Gasteiger partial charge on any atom is 0.306 e. The van der Waals surface area contributed by atoms with Gasteiger partial charge < -0.3 is 14.9 Å². The fourth-order valence-corrected chi connectivity index (χ4v) is 1.40. The van der Waals surface area contributed by atoms with Crippen LogP contribution in [-0.4, -0.2) is 23.3 Å². The summed E-state index contributed by atoms with van der Waals surface area (Å²) in [6, 6.07) is 5.11. The van der Waals surface area contributed by atoms with Crippen molar-refractivity contribution < 1.29 is 19.7 Å². The highest BCUT2D eigenvalue weighted by Gasteiger charge is 2.11. The fourth-order valence-electron chi connectivity index (χ4n) is 1.40. The molecule has 16 heavy (non-hydrogen) atoms. The predicted octanol–water partition coefficient (Wildman–Crippen LogP) is 2.05. The molecular formula is C12H16O4. The molecule has 0 aliphatic heterocycles. The number of hydrogen-bond acceptors (Lipinski definition) is 3. The van der Waals surface area contributed by atoms with Gasteiger partial charge in [0.1, 0.15) is 0 Å². The minimum Gasteiger partial charge on any atom is -0.504 e. The SMILES string of the molecule is COc1ccc(CCC(C)C(=O)O)cc1O. The summed E-state index contributed by atoms with van der Waals surface area (Å²) in [5.74, 6) is -0.653. The molecule has 4 heteroatoms. The first-order valence-electron chi connectivity index (χ1n) is 5.13. The zero-order chi connectivity index (χ0) is 12.1. The standard InChI is InChI=1S/C12H16O4/c1-8(12(14)15)3-4-9-5-6-11(16-2)10(13)7-9/h5-8,13H,3-4H2,1-2H3,(H,14,15). The molecular weight excluding hydrogens is 208 g/mol. The van der Waals surface area contributed by atoms with Crippen LogP contribution >= 0.6 is 0 Å². The van der Waals surface area contributed by atoms with Crippen molar-refractivity contribution in [2.45, 2.75) is 19.8 Å². The van der Waals surface area contributed by atoms with Gasteiger partial charge in [0.15, 0.2) is 11.5 Å². The van der Waals surface area contributed by atoms with Crippen molar-refractivity contribution in [1.82, 2.24) is 0 Å². The van der Waals surface area contributed by atoms with Crippen LogP contribution in [0.4, 0.5) is 0 Å². The Labute approximate surface area is 94.5 Å². The third-order valence-corrected chi connectivity index (χ3v) is 2.53. The van der Waals surface area contributed by atoms with Crippen molar-refractivity contribution in [3.63, 3.8) is 0 Å². The second-order valence-corrected chi connectivity index (χ2v) is 3.78. The number of hydrogen-bond donors (Lipinski definition) is 2. The quantitative estimate of drug-likeness (QED) is 0.803. The van der Waals surface area contributed by atoms with Gasteiger partial charge in [-0.25, -0.2) is 0 Å². The van der Waals surface area contributed by atoms with Gasteiger partial charge in [-0.3, -0.25) is 4.79 Å². The normalized spacial score (nSPS) is 12.1. The van der Waals surface area contributed by atoms with Crippen molar-refractivity contribution in [1.29, 1.82) is 0 Å². The van der Waals surface area contributed by atoms with Gasteiger partial charge in [0.2, 0.25) is 0 Å². The van der Waals surface area contributed by atoms with Crippen LogP contribution in [0, 0.1) is 5.92 Å². The van der Waals surface area contributed by atoms with Crippen LogP contribution in [0.1, 0.15) is 18.9 Å². The van der Waals surface area contributed by atoms with E-state index in [2.05, 4.69) is 0 Å². The molecule has 1 unspecified atom stereocenters. The van der Waals surface area contributed by atoms with Crippen molar-refractivity contribution in [2.24, 2.45) is 5.92 Å². The summed E-state index contributed by atoms with van der Waals surface area (Å²) in [5.41, 5.74) is 0.909. The third-order valence-electron chi connectivity index (χ3n) is 2.53. The van der Waals surface area contributed by atoms with Crippen molar-refractivity contribution in [3.8, 4) is 11.5 Å². The minimum atomic E-state index is -0.794. The number of carbonyl (C=O) groups is 1. The summed E-state index contributed by atoms with van der Waals surface area (Å²) in [5, 5.41) is 18.3. The molecule has 0 amide bonds. The Kier molecular flexibility index (Phi) is 4.17. The molecule has 0 aromatic heterocycles. The zero-order valence-electron chi connectivity index (χ0n) is 9.43. The molecule has 88 valence electrons. The highest BCUT2D eigenvalue weighted by Crippen LogP contribution is 2.27. The second kappa shape index (κ2) is 5.39. The average Bonchev–Trinajstić information content (AvgIpc) is 2.25. The van der Waals surface area contributed by atoms with E-state index >= 15 is 0 Å². The first-order valence-corrected chi connectivity index (χ1v) is 5.13. The molecule has 1 rings (SSSR count). The van der Waals surface area contributed by atoms with E-state index in [1.807, 2.05) is 6.07 Å². The number of ether oxygens (including phenoxy) is 1. The molecule has 0 saturated heterocycles. The Morgan fingerprint density at radius 1 is 1.50 bits per heavy atom. The number of carboxylic acids is 1. The number of rotatable bonds is 5. The molecule has 0 spiro atoms. The van der Waals surface area contributed by atoms with E-state index in [-0.39, 0.29) is 11.7 Å². The van der Waals surface area contributed by atoms with Gasteiger partial charge in [-0.2, -0.15) is 0 Å². The number of carboxylic acid groups (broad SMARTS) is 1. The highest BCUT2D eigenvalue weighted by atomic mass is 16.5. The second-order valence-electron chi connectivity index (χ2n) is 3.78. The molecule has 0 heterocycles. The van der Waals surface area contributed by atoms with E-state index in [1.165, 1.54) is 7.11 Å². The maximum atomic E-state index is 10.6. The van der Waals surface area contributed by atoms with Crippen molar-refractivity contribution >= 4 is 5.97 Å². The van der Waals surface area contributed by atoms with Crippen LogP contribution in [0.3, 0.4) is 0 Å². The van der Waals surface area contributed by atoms with Crippen LogP contribution in [0.5, 0.6) is 11.5 Å². The Bertz CT molecular complexity index is 373. The molecule has 0 aliphatic rings. The number of aliphatic carboxylic acids is 1. The van der Waals surface area contributed by atoms with E-state index in [0.717, 1.165) is 5.56 Å². The first-order chi connectivity index (χ1) is 7.54. The van der Waals surface area contributed by atoms with Gasteiger partial charge in [0.25, 0.3) is 0 Å². The lowest BCUT2D eigenvalue weighted by Crippen LogP contribution is -2.10. The van der Waals surface area contributed by atoms with Gasteiger partial charge >= 0.3 is 5.97 Å². The van der Waals surface area contributed by atoms with Gasteiger partial charge in [-0.1, -0.05) is 13.0 Å². The number of phenolic OH excluding ortho intramolecular Hbond substituents is 1. The summed E-state index contributed by atoms with van der Waals surface area (Å²) in [7, 11) is 1.49. The fraction of sp³-hybridized carbons (Fsp3) is 0.417. The largest absolute Gasteiger partial charge is 0.504 e. The summed E-state index contributed by atoms with van der Waals surface area (Å²) in [6.07, 6.45) is 1.19. The lowest BCUT2D eigenvalue weighted by atomic mass is 10.0. The number of aryl methyl sites for hydroxylation is 1. The van der Waals surface area contributed by atoms with Gasteiger partial charge in [0, 0.05) is 0 Å². The number of phenols is 1. The third kappa shape index (κ3) is 3.15. The first kappa shape index (κ1) is 12.4. The molecule has 0 aliphatic carbocycles. The van der Waals surface area contributed by atoms with Crippen molar-refractivity contribution in [2.75, 3.05) is 7.11 Å². The smallest absolute Gasteiger partial charge is 0.306 e. The van der Waals surface area contributed by atoms with E-state index in [9.17, 15) is 9.90 Å². The molecule has 1 atom stereocenters. The van der Waals surface area contributed by atoms with Crippen LogP contribution < -0.4 is 4.74 Å². The van der Waals surface area contributed by atoms with Gasteiger partial charge in [0.05, 0.1) is 13.0 Å². The maximum absolute atomic E-state index is 10.6. The lowest BCUT2D eigenvalue weighted by Gasteiger charge is -2.08. The van der Waals surface area contributed by atoms with Crippen LogP contribution in [0.2, 0.25) is 0 Å². The summed E-state index contributed by atoms with van der Waals surface area (Å²) in [6.45, 7) is 1.67. The molecule has 1 aromatic carbocycles. The molecule has 0 saturated carbocycles. The van der Waals surface area contributed by atoms with Gasteiger partial charge in [-0.15, -0.1) is 0 Å². The van der Waals surface area contributed by atoms with E-state index in [4.69, 9.17) is 9.84 Å². The molecule has 0 radical (unpaired) electrons. The molecule has 2 N–H and O–H groups in total. The highest BCUT2D eigenvalue weighted by molar-refractivity contribution is 5.69. The Morgan fingerprint density at radius 2 is 2.19 bits per heavy atom.